The van der Waals surface area contributed by atoms with Gasteiger partial charge in [0.05, 0.1) is 12.4 Å². The molecule has 26 heavy (non-hydrogen) atoms. The SMILES string of the molecule is O=S1(=O)CCN(S(=O)(=O)c2ccc3ccccc3c2F)C2CCOCC21. The maximum atomic E-state index is 14.9. The van der Waals surface area contributed by atoms with Gasteiger partial charge in [-0.15, -0.1) is 0 Å². The summed E-state index contributed by atoms with van der Waals surface area (Å²) in [7, 11) is -7.60. The summed E-state index contributed by atoms with van der Waals surface area (Å²) >= 11 is 0. The van der Waals surface area contributed by atoms with Gasteiger partial charge >= 0.3 is 0 Å². The average molecular weight is 399 g/mol. The smallest absolute Gasteiger partial charge is 0.246 e. The Bertz CT molecular complexity index is 1070. The number of hydrogen-bond acceptors (Lipinski definition) is 5. The molecular formula is C17H18FNO5S2. The van der Waals surface area contributed by atoms with E-state index >= 15 is 0 Å². The van der Waals surface area contributed by atoms with E-state index < -0.39 is 41.9 Å². The Balaban J connectivity index is 1.81. The minimum atomic E-state index is -4.17. The van der Waals surface area contributed by atoms with Crippen LogP contribution in [0.15, 0.2) is 41.3 Å². The summed E-state index contributed by atoms with van der Waals surface area (Å²) in [5.74, 6) is -1.09. The third kappa shape index (κ3) is 2.74. The van der Waals surface area contributed by atoms with Crippen molar-refractivity contribution in [1.82, 2.24) is 4.31 Å². The minimum Gasteiger partial charge on any atom is -0.380 e. The normalized spacial score (nSPS) is 26.5. The van der Waals surface area contributed by atoms with Crippen LogP contribution in [-0.2, 0) is 24.6 Å². The monoisotopic (exact) mass is 399 g/mol. The zero-order valence-electron chi connectivity index (χ0n) is 13.8. The fourth-order valence-corrected chi connectivity index (χ4v) is 7.53. The number of benzene rings is 2. The first kappa shape index (κ1) is 17.8. The molecule has 2 aromatic carbocycles. The number of fused-ring (bicyclic) bond motifs is 2. The van der Waals surface area contributed by atoms with E-state index in [0.717, 1.165) is 4.31 Å². The Hall–Kier alpha value is -1.55. The van der Waals surface area contributed by atoms with Gasteiger partial charge in [-0.05, 0) is 17.9 Å². The molecule has 2 unspecified atom stereocenters. The van der Waals surface area contributed by atoms with Gasteiger partial charge in [0.15, 0.2) is 15.7 Å². The van der Waals surface area contributed by atoms with Gasteiger partial charge in [-0.3, -0.25) is 0 Å². The molecule has 2 heterocycles. The van der Waals surface area contributed by atoms with E-state index in [1.807, 2.05) is 0 Å². The Labute approximate surface area is 151 Å². The summed E-state index contributed by atoms with van der Waals surface area (Å²) < 4.78 is 72.3. The molecular weight excluding hydrogens is 381 g/mol. The second-order valence-corrected chi connectivity index (χ2v) is 10.7. The van der Waals surface area contributed by atoms with Crippen LogP contribution in [0.1, 0.15) is 6.42 Å². The van der Waals surface area contributed by atoms with Crippen LogP contribution in [0.2, 0.25) is 0 Å². The lowest BCUT2D eigenvalue weighted by Gasteiger charge is -2.42. The van der Waals surface area contributed by atoms with Crippen molar-refractivity contribution in [2.75, 3.05) is 25.5 Å². The Morgan fingerprint density at radius 1 is 1.15 bits per heavy atom. The number of rotatable bonds is 2. The Morgan fingerprint density at radius 2 is 1.92 bits per heavy atom. The van der Waals surface area contributed by atoms with Crippen molar-refractivity contribution < 1.29 is 26.0 Å². The highest BCUT2D eigenvalue weighted by Crippen LogP contribution is 2.33. The molecule has 0 aliphatic carbocycles. The van der Waals surface area contributed by atoms with Gasteiger partial charge in [-0.25, -0.2) is 21.2 Å². The van der Waals surface area contributed by atoms with Crippen LogP contribution in [0.3, 0.4) is 0 Å². The molecule has 0 amide bonds. The van der Waals surface area contributed by atoms with Crippen molar-refractivity contribution in [3.63, 3.8) is 0 Å². The van der Waals surface area contributed by atoms with Crippen molar-refractivity contribution in [3.05, 3.63) is 42.2 Å². The molecule has 6 nitrogen and oxygen atoms in total. The predicted octanol–water partition coefficient (Wildman–Crippen LogP) is 1.56. The van der Waals surface area contributed by atoms with Crippen LogP contribution in [0.5, 0.6) is 0 Å². The van der Waals surface area contributed by atoms with Crippen LogP contribution >= 0.6 is 0 Å². The van der Waals surface area contributed by atoms with Crippen molar-refractivity contribution in [2.24, 2.45) is 0 Å². The minimum absolute atomic E-state index is 0.0285. The molecule has 2 aliphatic rings. The molecule has 2 saturated heterocycles. The van der Waals surface area contributed by atoms with Gasteiger partial charge in [0, 0.05) is 24.6 Å². The second kappa shape index (κ2) is 6.26. The van der Waals surface area contributed by atoms with E-state index in [4.69, 9.17) is 4.74 Å². The van der Waals surface area contributed by atoms with Crippen LogP contribution in [0.25, 0.3) is 10.8 Å². The third-order valence-corrected chi connectivity index (χ3v) is 9.18. The quantitative estimate of drug-likeness (QED) is 0.766. The molecule has 0 aromatic heterocycles. The van der Waals surface area contributed by atoms with Gasteiger partial charge in [0.2, 0.25) is 10.0 Å². The molecule has 2 aromatic rings. The predicted molar refractivity (Wildman–Crippen MR) is 94.6 cm³/mol. The Kier molecular flexibility index (Phi) is 4.30. The van der Waals surface area contributed by atoms with Crippen LogP contribution in [0, 0.1) is 5.82 Å². The first-order chi connectivity index (χ1) is 12.3. The highest BCUT2D eigenvalue weighted by Gasteiger charge is 2.48. The lowest BCUT2D eigenvalue weighted by atomic mass is 10.1. The topological polar surface area (TPSA) is 80.8 Å². The van der Waals surface area contributed by atoms with E-state index in [-0.39, 0.29) is 37.3 Å². The molecule has 9 heteroatoms. The van der Waals surface area contributed by atoms with Gasteiger partial charge in [-0.1, -0.05) is 30.3 Å². The van der Waals surface area contributed by atoms with Crippen molar-refractivity contribution in [1.29, 1.82) is 0 Å². The highest BCUT2D eigenvalue weighted by molar-refractivity contribution is 7.92. The molecule has 2 aliphatic heterocycles. The molecule has 140 valence electrons. The van der Waals surface area contributed by atoms with E-state index in [0.29, 0.717) is 5.39 Å². The molecule has 0 bridgehead atoms. The van der Waals surface area contributed by atoms with Crippen LogP contribution in [0.4, 0.5) is 4.39 Å². The van der Waals surface area contributed by atoms with Crippen molar-refractivity contribution in [2.45, 2.75) is 22.6 Å². The Morgan fingerprint density at radius 3 is 2.73 bits per heavy atom. The molecule has 0 radical (unpaired) electrons. The molecule has 0 N–H and O–H groups in total. The number of ether oxygens (including phenoxy) is 1. The first-order valence-corrected chi connectivity index (χ1v) is 11.5. The zero-order valence-corrected chi connectivity index (χ0v) is 15.5. The third-order valence-electron chi connectivity index (χ3n) is 5.11. The molecule has 2 fully saturated rings. The first-order valence-electron chi connectivity index (χ1n) is 8.31. The summed E-state index contributed by atoms with van der Waals surface area (Å²) in [5, 5.41) is -0.0702. The molecule has 4 rings (SSSR count). The van der Waals surface area contributed by atoms with E-state index in [2.05, 4.69) is 0 Å². The van der Waals surface area contributed by atoms with E-state index in [1.165, 1.54) is 12.1 Å². The van der Waals surface area contributed by atoms with Crippen molar-refractivity contribution >= 4 is 30.6 Å². The van der Waals surface area contributed by atoms with Crippen LogP contribution in [-0.4, -0.2) is 57.9 Å². The second-order valence-electron chi connectivity index (χ2n) is 6.55. The van der Waals surface area contributed by atoms with Gasteiger partial charge in [-0.2, -0.15) is 4.31 Å². The van der Waals surface area contributed by atoms with Crippen LogP contribution < -0.4 is 0 Å². The lowest BCUT2D eigenvalue weighted by molar-refractivity contribution is 0.0590. The number of halogens is 1. The fourth-order valence-electron chi connectivity index (χ4n) is 3.74. The summed E-state index contributed by atoms with van der Waals surface area (Å²) in [6, 6.07) is 8.72. The number of sulfone groups is 1. The van der Waals surface area contributed by atoms with E-state index in [9.17, 15) is 21.2 Å². The standard InChI is InChI=1S/C17H18FNO5S2/c18-17-13-4-2-1-3-12(13)5-6-15(17)26(22,23)19-8-10-25(20,21)16-11-24-9-7-14(16)19/h1-6,14,16H,7-11H2. The summed E-state index contributed by atoms with van der Waals surface area (Å²) in [6.45, 7) is 0.0836. The summed E-state index contributed by atoms with van der Waals surface area (Å²) in [5.41, 5.74) is 0. The van der Waals surface area contributed by atoms with E-state index in [1.54, 1.807) is 24.3 Å². The molecule has 2 atom stereocenters. The highest BCUT2D eigenvalue weighted by atomic mass is 32.2. The van der Waals surface area contributed by atoms with Gasteiger partial charge < -0.3 is 4.74 Å². The average Bonchev–Trinajstić information content (AvgIpc) is 2.62. The zero-order chi connectivity index (χ0) is 18.5. The molecule has 0 saturated carbocycles. The maximum absolute atomic E-state index is 14.9. The number of hydrogen-bond donors (Lipinski definition) is 0. The maximum Gasteiger partial charge on any atom is 0.246 e. The largest absolute Gasteiger partial charge is 0.380 e. The summed E-state index contributed by atoms with van der Waals surface area (Å²) in [4.78, 5) is -0.416. The van der Waals surface area contributed by atoms with Gasteiger partial charge in [0.25, 0.3) is 0 Å². The lowest BCUT2D eigenvalue weighted by Crippen LogP contribution is -2.60. The molecule has 0 spiro atoms. The van der Waals surface area contributed by atoms with Crippen molar-refractivity contribution in [3.8, 4) is 0 Å². The fraction of sp³-hybridized carbons (Fsp3) is 0.412. The van der Waals surface area contributed by atoms with Gasteiger partial charge in [0.1, 0.15) is 10.1 Å². The summed E-state index contributed by atoms with van der Waals surface area (Å²) in [6.07, 6.45) is 0.276. The number of nitrogens with zero attached hydrogens (tertiary/aromatic N) is 1. The number of sulfonamides is 1.